The normalized spacial score (nSPS) is 13.2. The monoisotopic (exact) mass is 537 g/mol. The number of hydrogen-bond acceptors (Lipinski definition) is 2. The molecule has 0 aromatic heterocycles. The minimum absolute atomic E-state index is 0.117. The summed E-state index contributed by atoms with van der Waals surface area (Å²) in [6.45, 7) is 6.81. The molecule has 1 N–H and O–H groups in total. The van der Waals surface area contributed by atoms with E-state index in [0.717, 1.165) is 19.3 Å². The van der Waals surface area contributed by atoms with Crippen molar-refractivity contribution >= 4 is 6.16 Å². The molecule has 3 nitrogen and oxygen atoms in total. The first-order valence-electron chi connectivity index (χ1n) is 17.2. The van der Waals surface area contributed by atoms with Crippen molar-refractivity contribution in [1.82, 2.24) is 0 Å². The molecule has 226 valence electrons. The van der Waals surface area contributed by atoms with Crippen LogP contribution in [0.5, 0.6) is 0 Å². The zero-order valence-electron chi connectivity index (χ0n) is 26.2. The molecule has 0 spiro atoms. The molecule has 2 atom stereocenters. The van der Waals surface area contributed by atoms with Gasteiger partial charge in [-0.05, 0) is 50.9 Å². The van der Waals surface area contributed by atoms with E-state index in [1.807, 2.05) is 0 Å². The second-order valence-corrected chi connectivity index (χ2v) is 11.9. The molecule has 0 amide bonds. The first-order valence-corrected chi connectivity index (χ1v) is 17.2. The van der Waals surface area contributed by atoms with E-state index in [9.17, 15) is 9.90 Å². The van der Waals surface area contributed by atoms with Crippen molar-refractivity contribution in [2.45, 2.75) is 200 Å². The highest BCUT2D eigenvalue weighted by Crippen LogP contribution is 2.26. The van der Waals surface area contributed by atoms with Gasteiger partial charge in [-0.2, -0.15) is 0 Å². The molecular weight excluding hydrogens is 468 g/mol. The van der Waals surface area contributed by atoms with Crippen LogP contribution in [0.3, 0.4) is 0 Å². The molecule has 0 fully saturated rings. The molecule has 38 heavy (non-hydrogen) atoms. The van der Waals surface area contributed by atoms with Gasteiger partial charge in [0, 0.05) is 0 Å². The predicted molar refractivity (Wildman–Crippen MR) is 167 cm³/mol. The first-order chi connectivity index (χ1) is 18.6. The fourth-order valence-electron chi connectivity index (χ4n) is 5.64. The lowest BCUT2D eigenvalue weighted by Crippen LogP contribution is -2.21. The van der Waals surface area contributed by atoms with Gasteiger partial charge in [0.05, 0.1) is 0 Å². The minimum Gasteiger partial charge on any atom is -0.450 e. The van der Waals surface area contributed by atoms with E-state index in [1.54, 1.807) is 0 Å². The van der Waals surface area contributed by atoms with Gasteiger partial charge in [0.15, 0.2) is 0 Å². The number of allylic oxidation sites excluding steroid dienone is 2. The number of ether oxygens (including phenoxy) is 1. The summed E-state index contributed by atoms with van der Waals surface area (Å²) in [5, 5.41) is 9.34. The average molecular weight is 537 g/mol. The number of rotatable bonds is 30. The molecule has 0 bridgehead atoms. The highest BCUT2D eigenvalue weighted by Gasteiger charge is 2.19. The van der Waals surface area contributed by atoms with Gasteiger partial charge in [-0.15, -0.1) is 0 Å². The Balaban J connectivity index is 4.15. The molecule has 0 saturated heterocycles. The topological polar surface area (TPSA) is 46.5 Å². The maximum atomic E-state index is 11.4. The van der Waals surface area contributed by atoms with E-state index >= 15 is 0 Å². The van der Waals surface area contributed by atoms with E-state index in [-0.39, 0.29) is 6.10 Å². The third kappa shape index (κ3) is 28.0. The molecule has 2 unspecified atom stereocenters. The Hall–Kier alpha value is -0.990. The Morgan fingerprint density at radius 2 is 0.921 bits per heavy atom. The average Bonchev–Trinajstić information content (AvgIpc) is 2.90. The molecule has 0 aliphatic heterocycles. The van der Waals surface area contributed by atoms with Crippen LogP contribution in [0.15, 0.2) is 12.2 Å². The SMILES string of the molecule is CCCCCCCCC=CCCCCCCCC(CC(CCCCCC)CCCCCCCC)OC(=O)O. The van der Waals surface area contributed by atoms with Crippen LogP contribution in [-0.2, 0) is 4.74 Å². The van der Waals surface area contributed by atoms with Crippen molar-refractivity contribution in [1.29, 1.82) is 0 Å². The smallest absolute Gasteiger partial charge is 0.450 e. The van der Waals surface area contributed by atoms with Gasteiger partial charge in [-0.3, -0.25) is 0 Å². The molecule has 0 aliphatic carbocycles. The van der Waals surface area contributed by atoms with Crippen molar-refractivity contribution in [3.05, 3.63) is 12.2 Å². The predicted octanol–water partition coefficient (Wildman–Crippen LogP) is 12.8. The van der Waals surface area contributed by atoms with Crippen molar-refractivity contribution in [3.8, 4) is 0 Å². The number of carboxylic acid groups (broad SMARTS) is 1. The van der Waals surface area contributed by atoms with Crippen LogP contribution in [-0.4, -0.2) is 17.4 Å². The zero-order valence-corrected chi connectivity index (χ0v) is 26.2. The maximum absolute atomic E-state index is 11.4. The molecule has 0 rings (SSSR count). The van der Waals surface area contributed by atoms with Crippen molar-refractivity contribution < 1.29 is 14.6 Å². The Bertz CT molecular complexity index is 501. The molecular formula is C35H68O3. The largest absolute Gasteiger partial charge is 0.506 e. The molecule has 0 saturated carbocycles. The Morgan fingerprint density at radius 3 is 1.37 bits per heavy atom. The van der Waals surface area contributed by atoms with Crippen LogP contribution in [0.1, 0.15) is 194 Å². The lowest BCUT2D eigenvalue weighted by atomic mass is 9.88. The highest BCUT2D eigenvalue weighted by molar-refractivity contribution is 5.57. The van der Waals surface area contributed by atoms with Crippen LogP contribution < -0.4 is 0 Å². The van der Waals surface area contributed by atoms with Crippen LogP contribution in [0, 0.1) is 5.92 Å². The van der Waals surface area contributed by atoms with Crippen molar-refractivity contribution in [3.63, 3.8) is 0 Å². The van der Waals surface area contributed by atoms with E-state index in [4.69, 9.17) is 4.74 Å². The Labute approximate surface area is 239 Å². The van der Waals surface area contributed by atoms with E-state index < -0.39 is 6.16 Å². The number of carbonyl (C=O) groups is 1. The van der Waals surface area contributed by atoms with Gasteiger partial charge in [-0.1, -0.05) is 161 Å². The van der Waals surface area contributed by atoms with Crippen LogP contribution >= 0.6 is 0 Å². The van der Waals surface area contributed by atoms with Crippen molar-refractivity contribution in [2.24, 2.45) is 5.92 Å². The third-order valence-corrected chi connectivity index (χ3v) is 8.08. The molecule has 0 radical (unpaired) electrons. The second-order valence-electron chi connectivity index (χ2n) is 11.9. The van der Waals surface area contributed by atoms with Gasteiger partial charge < -0.3 is 9.84 Å². The summed E-state index contributed by atoms with van der Waals surface area (Å²) in [4.78, 5) is 11.4. The summed E-state index contributed by atoms with van der Waals surface area (Å²) < 4.78 is 5.39. The minimum atomic E-state index is -1.09. The molecule has 3 heteroatoms. The van der Waals surface area contributed by atoms with Gasteiger partial charge in [-0.25, -0.2) is 4.79 Å². The summed E-state index contributed by atoms with van der Waals surface area (Å²) in [6, 6.07) is 0. The highest BCUT2D eigenvalue weighted by atomic mass is 16.7. The summed E-state index contributed by atoms with van der Waals surface area (Å²) in [5.41, 5.74) is 0. The summed E-state index contributed by atoms with van der Waals surface area (Å²) in [7, 11) is 0. The Kier molecular flexibility index (Phi) is 29.8. The number of hydrogen-bond donors (Lipinski definition) is 1. The maximum Gasteiger partial charge on any atom is 0.506 e. The third-order valence-electron chi connectivity index (χ3n) is 8.08. The van der Waals surface area contributed by atoms with Crippen LogP contribution in [0.4, 0.5) is 4.79 Å². The first kappa shape index (κ1) is 37.0. The molecule has 0 aliphatic rings. The fraction of sp³-hybridized carbons (Fsp3) is 0.914. The van der Waals surface area contributed by atoms with Gasteiger partial charge in [0.25, 0.3) is 0 Å². The van der Waals surface area contributed by atoms with Crippen LogP contribution in [0.25, 0.3) is 0 Å². The standard InChI is InChI=1S/C35H68O3/c1-4-7-10-13-15-16-17-18-19-20-21-22-23-25-28-31-34(38-35(36)37)32-33(29-26-12-9-6-3)30-27-24-14-11-8-5-2/h18-19,33-34H,4-17,20-32H2,1-3H3,(H,36,37). The fourth-order valence-corrected chi connectivity index (χ4v) is 5.64. The quantitative estimate of drug-likeness (QED) is 0.0564. The van der Waals surface area contributed by atoms with E-state index in [2.05, 4.69) is 32.9 Å². The molecule has 0 aromatic rings. The summed E-state index contributed by atoms with van der Waals surface area (Å²) >= 11 is 0. The van der Waals surface area contributed by atoms with Crippen molar-refractivity contribution in [2.75, 3.05) is 0 Å². The van der Waals surface area contributed by atoms with Gasteiger partial charge in [0.2, 0.25) is 0 Å². The molecule has 0 aromatic carbocycles. The van der Waals surface area contributed by atoms with E-state index in [1.165, 1.54) is 154 Å². The zero-order chi connectivity index (χ0) is 27.9. The van der Waals surface area contributed by atoms with Gasteiger partial charge >= 0.3 is 6.16 Å². The van der Waals surface area contributed by atoms with Crippen LogP contribution in [0.2, 0.25) is 0 Å². The van der Waals surface area contributed by atoms with E-state index in [0.29, 0.717) is 5.92 Å². The molecule has 0 heterocycles. The summed E-state index contributed by atoms with van der Waals surface area (Å²) in [6.07, 6.45) is 37.8. The lowest BCUT2D eigenvalue weighted by Gasteiger charge is -2.23. The second kappa shape index (κ2) is 30.6. The summed E-state index contributed by atoms with van der Waals surface area (Å²) in [5.74, 6) is 0.616. The van der Waals surface area contributed by atoms with Gasteiger partial charge in [0.1, 0.15) is 6.10 Å². The Morgan fingerprint density at radius 1 is 0.553 bits per heavy atom. The lowest BCUT2D eigenvalue weighted by molar-refractivity contribution is 0.0343. The number of unbranched alkanes of at least 4 members (excludes halogenated alkanes) is 19.